The molecule has 3 rings (SSSR count). The minimum Gasteiger partial charge on any atom is -0.469 e. The van der Waals surface area contributed by atoms with Gasteiger partial charge in [-0.2, -0.15) is 0 Å². The zero-order chi connectivity index (χ0) is 19.8. The first-order valence-electron chi connectivity index (χ1n) is 8.25. The van der Waals surface area contributed by atoms with Gasteiger partial charge in [0.05, 0.1) is 21.6 Å². The van der Waals surface area contributed by atoms with Crippen LogP contribution in [0.5, 0.6) is 0 Å². The van der Waals surface area contributed by atoms with E-state index in [1.54, 1.807) is 22.8 Å². The van der Waals surface area contributed by atoms with Gasteiger partial charge in [0.1, 0.15) is 11.4 Å². The average Bonchev–Trinajstić information content (AvgIpc) is 3.06. The lowest BCUT2D eigenvalue weighted by Gasteiger charge is -2.35. The molecule has 1 aliphatic heterocycles. The zero-order valence-corrected chi connectivity index (χ0v) is 15.7. The first-order chi connectivity index (χ1) is 12.7. The van der Waals surface area contributed by atoms with Crippen LogP contribution in [0.2, 0.25) is 0 Å². The van der Waals surface area contributed by atoms with E-state index in [9.17, 15) is 23.3 Å². The van der Waals surface area contributed by atoms with Crippen LogP contribution < -0.4 is 4.90 Å². The molecule has 27 heavy (non-hydrogen) atoms. The van der Waals surface area contributed by atoms with Crippen molar-refractivity contribution in [2.75, 3.05) is 37.3 Å². The Kier molecular flexibility index (Phi) is 4.92. The summed E-state index contributed by atoms with van der Waals surface area (Å²) in [7, 11) is -3.54. The lowest BCUT2D eigenvalue weighted by Crippen LogP contribution is -2.49. The van der Waals surface area contributed by atoms with Gasteiger partial charge < -0.3 is 14.2 Å². The molecular weight excluding hydrogens is 374 g/mol. The first-order valence-corrected chi connectivity index (χ1v) is 10.1. The first kappa shape index (κ1) is 18.9. The van der Waals surface area contributed by atoms with Crippen molar-refractivity contribution in [1.29, 1.82) is 0 Å². The van der Waals surface area contributed by atoms with Crippen LogP contribution in [0.4, 0.5) is 11.4 Å². The number of nitrogens with zero attached hydrogens (tertiary/aromatic N) is 3. The van der Waals surface area contributed by atoms with Crippen LogP contribution in [-0.4, -0.2) is 56.6 Å². The molecule has 1 saturated heterocycles. The van der Waals surface area contributed by atoms with E-state index in [0.717, 1.165) is 12.3 Å². The number of anilines is 1. The van der Waals surface area contributed by atoms with E-state index in [0.29, 0.717) is 43.2 Å². The van der Waals surface area contributed by atoms with E-state index >= 15 is 0 Å². The lowest BCUT2D eigenvalue weighted by molar-refractivity contribution is -0.384. The van der Waals surface area contributed by atoms with E-state index in [2.05, 4.69) is 0 Å². The van der Waals surface area contributed by atoms with Gasteiger partial charge in [-0.1, -0.05) is 0 Å². The summed E-state index contributed by atoms with van der Waals surface area (Å²) in [5.74, 6) is 0.414. The minimum atomic E-state index is -3.54. The molecule has 0 saturated carbocycles. The molecule has 1 aliphatic rings. The van der Waals surface area contributed by atoms with E-state index < -0.39 is 14.8 Å². The molecule has 9 nitrogen and oxygen atoms in total. The molecule has 144 valence electrons. The molecule has 0 spiro atoms. The van der Waals surface area contributed by atoms with Gasteiger partial charge in [0, 0.05) is 38.5 Å². The summed E-state index contributed by atoms with van der Waals surface area (Å²) in [6.07, 6.45) is 2.47. The highest BCUT2D eigenvalue weighted by molar-refractivity contribution is 7.90. The fourth-order valence-electron chi connectivity index (χ4n) is 3.08. The van der Waals surface area contributed by atoms with Crippen LogP contribution in [0, 0.1) is 17.0 Å². The van der Waals surface area contributed by atoms with Crippen LogP contribution >= 0.6 is 0 Å². The van der Waals surface area contributed by atoms with Gasteiger partial charge in [0.25, 0.3) is 11.6 Å². The van der Waals surface area contributed by atoms with Gasteiger partial charge in [-0.25, -0.2) is 8.42 Å². The monoisotopic (exact) mass is 393 g/mol. The summed E-state index contributed by atoms with van der Waals surface area (Å²) < 4.78 is 28.5. The Morgan fingerprint density at radius 1 is 1.19 bits per heavy atom. The summed E-state index contributed by atoms with van der Waals surface area (Å²) in [4.78, 5) is 26.7. The molecule has 0 N–H and O–H groups in total. The molecule has 2 heterocycles. The Morgan fingerprint density at radius 3 is 2.37 bits per heavy atom. The molecule has 0 radical (unpaired) electrons. The summed E-state index contributed by atoms with van der Waals surface area (Å²) in [5.41, 5.74) is 0.592. The number of furan rings is 1. The fourth-order valence-corrected chi connectivity index (χ4v) is 3.72. The molecule has 2 aromatic rings. The predicted octanol–water partition coefficient (Wildman–Crippen LogP) is 1.86. The standard InChI is InChI=1S/C17H19N3O6S/c1-12-14(5-10-26-12)17(21)19-8-6-18(7-9-19)15-4-3-13(27(2,24)25)11-16(15)20(22)23/h3-5,10-11H,6-9H2,1-2H3. The Balaban J connectivity index is 1.79. The highest BCUT2D eigenvalue weighted by Gasteiger charge is 2.28. The average molecular weight is 393 g/mol. The number of amides is 1. The lowest BCUT2D eigenvalue weighted by atomic mass is 10.2. The Bertz CT molecular complexity index is 990. The maximum absolute atomic E-state index is 12.5. The molecular formula is C17H19N3O6S. The molecule has 0 aliphatic carbocycles. The second-order valence-electron chi connectivity index (χ2n) is 6.35. The zero-order valence-electron chi connectivity index (χ0n) is 14.9. The quantitative estimate of drug-likeness (QED) is 0.575. The van der Waals surface area contributed by atoms with Gasteiger partial charge in [-0.05, 0) is 25.1 Å². The van der Waals surface area contributed by atoms with Crippen molar-refractivity contribution in [3.8, 4) is 0 Å². The number of carbonyl (C=O) groups excluding carboxylic acids is 1. The van der Waals surface area contributed by atoms with Crippen molar-refractivity contribution < 1.29 is 22.6 Å². The maximum atomic E-state index is 12.5. The smallest absolute Gasteiger partial charge is 0.293 e. The van der Waals surface area contributed by atoms with E-state index in [-0.39, 0.29) is 16.5 Å². The third-order valence-electron chi connectivity index (χ3n) is 4.57. The molecule has 0 atom stereocenters. The number of carbonyl (C=O) groups is 1. The van der Waals surface area contributed by atoms with E-state index in [4.69, 9.17) is 4.42 Å². The molecule has 1 aromatic heterocycles. The Labute approximate surface area is 156 Å². The number of benzene rings is 1. The summed E-state index contributed by atoms with van der Waals surface area (Å²) in [6, 6.07) is 5.52. The summed E-state index contributed by atoms with van der Waals surface area (Å²) in [5, 5.41) is 11.4. The molecule has 0 bridgehead atoms. The van der Waals surface area contributed by atoms with E-state index in [1.165, 1.54) is 18.4 Å². The van der Waals surface area contributed by atoms with Gasteiger partial charge in [0.2, 0.25) is 0 Å². The van der Waals surface area contributed by atoms with Crippen molar-refractivity contribution >= 4 is 27.1 Å². The van der Waals surface area contributed by atoms with Gasteiger partial charge in [0.15, 0.2) is 9.84 Å². The van der Waals surface area contributed by atoms with Gasteiger partial charge >= 0.3 is 0 Å². The molecule has 1 amide bonds. The molecule has 1 aromatic carbocycles. The van der Waals surface area contributed by atoms with Crippen molar-refractivity contribution in [3.63, 3.8) is 0 Å². The summed E-state index contributed by atoms with van der Waals surface area (Å²) >= 11 is 0. The summed E-state index contributed by atoms with van der Waals surface area (Å²) in [6.45, 7) is 3.32. The molecule has 10 heteroatoms. The SMILES string of the molecule is Cc1occc1C(=O)N1CCN(c2ccc(S(C)(=O)=O)cc2[N+](=O)[O-])CC1. The number of hydrogen-bond acceptors (Lipinski definition) is 7. The maximum Gasteiger partial charge on any atom is 0.293 e. The number of nitro benzene ring substituents is 1. The van der Waals surface area contributed by atoms with Crippen LogP contribution in [0.1, 0.15) is 16.1 Å². The third kappa shape index (κ3) is 3.80. The Morgan fingerprint density at radius 2 is 1.85 bits per heavy atom. The molecule has 0 unspecified atom stereocenters. The number of rotatable bonds is 4. The van der Waals surface area contributed by atoms with Crippen LogP contribution in [-0.2, 0) is 9.84 Å². The topological polar surface area (TPSA) is 114 Å². The minimum absolute atomic E-state index is 0.0952. The normalized spacial score (nSPS) is 15.0. The predicted molar refractivity (Wildman–Crippen MR) is 97.8 cm³/mol. The van der Waals surface area contributed by atoms with Crippen molar-refractivity contribution in [1.82, 2.24) is 4.90 Å². The highest BCUT2D eigenvalue weighted by atomic mass is 32.2. The highest BCUT2D eigenvalue weighted by Crippen LogP contribution is 2.31. The number of sulfone groups is 1. The number of aryl methyl sites for hydroxylation is 1. The number of nitro groups is 1. The van der Waals surface area contributed by atoms with Crippen molar-refractivity contribution in [3.05, 3.63) is 52.0 Å². The number of hydrogen-bond donors (Lipinski definition) is 0. The largest absolute Gasteiger partial charge is 0.469 e. The second-order valence-corrected chi connectivity index (χ2v) is 8.37. The van der Waals surface area contributed by atoms with Crippen LogP contribution in [0.15, 0.2) is 39.8 Å². The Hall–Kier alpha value is -2.88. The second kappa shape index (κ2) is 7.03. The van der Waals surface area contributed by atoms with Gasteiger partial charge in [-0.3, -0.25) is 14.9 Å². The van der Waals surface area contributed by atoms with Gasteiger partial charge in [-0.15, -0.1) is 0 Å². The number of piperazine rings is 1. The van der Waals surface area contributed by atoms with Crippen LogP contribution in [0.3, 0.4) is 0 Å². The van der Waals surface area contributed by atoms with E-state index in [1.807, 2.05) is 0 Å². The van der Waals surface area contributed by atoms with Crippen molar-refractivity contribution in [2.24, 2.45) is 0 Å². The van der Waals surface area contributed by atoms with Crippen LogP contribution in [0.25, 0.3) is 0 Å². The molecule has 1 fully saturated rings. The van der Waals surface area contributed by atoms with Crippen molar-refractivity contribution in [2.45, 2.75) is 11.8 Å². The third-order valence-corrected chi connectivity index (χ3v) is 5.68. The fraction of sp³-hybridized carbons (Fsp3) is 0.353.